The monoisotopic (exact) mass is 431 g/mol. The third-order valence-corrected chi connectivity index (χ3v) is 6.59. The first-order valence-corrected chi connectivity index (χ1v) is 11.5. The molecule has 0 bridgehead atoms. The highest BCUT2D eigenvalue weighted by Gasteiger charge is 2.36. The van der Waals surface area contributed by atoms with Crippen molar-refractivity contribution in [3.63, 3.8) is 0 Å². The van der Waals surface area contributed by atoms with E-state index in [1.807, 2.05) is 37.3 Å². The van der Waals surface area contributed by atoms with Gasteiger partial charge in [0.05, 0.1) is 6.54 Å². The molecule has 1 unspecified atom stereocenters. The summed E-state index contributed by atoms with van der Waals surface area (Å²) in [6.45, 7) is 12.4. The standard InChI is InChI=1S/C27H33N3O2/c1-6-13-30-24-12-11-21(14-22(24)19(3)16-27(30,4)5)15-23-25(31)29(26(32)28-23)17-20-9-7-18(2)8-10-20/h7-12,14-15,19H,6,13,16-17H2,1-5H3,(H,28,32)/b23-15+. The van der Waals surface area contributed by atoms with Gasteiger partial charge in [-0.1, -0.05) is 49.7 Å². The molecule has 5 nitrogen and oxygen atoms in total. The van der Waals surface area contributed by atoms with Gasteiger partial charge in [-0.3, -0.25) is 9.69 Å². The van der Waals surface area contributed by atoms with Gasteiger partial charge in [-0.15, -0.1) is 0 Å². The van der Waals surface area contributed by atoms with E-state index in [1.54, 1.807) is 6.08 Å². The van der Waals surface area contributed by atoms with E-state index in [0.29, 0.717) is 11.6 Å². The largest absolute Gasteiger partial charge is 0.366 e. The fourth-order valence-electron chi connectivity index (χ4n) is 5.00. The maximum absolute atomic E-state index is 12.9. The van der Waals surface area contributed by atoms with E-state index in [-0.39, 0.29) is 24.0 Å². The smallest absolute Gasteiger partial charge is 0.329 e. The fourth-order valence-corrected chi connectivity index (χ4v) is 5.00. The molecule has 32 heavy (non-hydrogen) atoms. The van der Waals surface area contributed by atoms with Crippen molar-refractivity contribution in [3.8, 4) is 0 Å². The molecule has 1 N–H and O–H groups in total. The number of hydrogen-bond donors (Lipinski definition) is 1. The molecule has 0 saturated carbocycles. The van der Waals surface area contributed by atoms with Crippen LogP contribution in [0.4, 0.5) is 10.5 Å². The molecule has 0 radical (unpaired) electrons. The van der Waals surface area contributed by atoms with Crippen molar-refractivity contribution in [1.82, 2.24) is 10.2 Å². The van der Waals surface area contributed by atoms with Gasteiger partial charge >= 0.3 is 6.03 Å². The Hall–Kier alpha value is -3.08. The molecule has 168 valence electrons. The highest BCUT2D eigenvalue weighted by Crippen LogP contribution is 2.43. The van der Waals surface area contributed by atoms with E-state index < -0.39 is 0 Å². The number of anilines is 1. The Balaban J connectivity index is 1.59. The second-order valence-electron chi connectivity index (χ2n) is 9.75. The van der Waals surface area contributed by atoms with Crippen LogP contribution in [0.25, 0.3) is 6.08 Å². The van der Waals surface area contributed by atoms with E-state index in [9.17, 15) is 9.59 Å². The maximum atomic E-state index is 12.9. The van der Waals surface area contributed by atoms with Crippen LogP contribution in [0.5, 0.6) is 0 Å². The summed E-state index contributed by atoms with van der Waals surface area (Å²) in [4.78, 5) is 29.2. The third kappa shape index (κ3) is 4.16. The van der Waals surface area contributed by atoms with Crippen LogP contribution in [0.15, 0.2) is 48.2 Å². The van der Waals surface area contributed by atoms with Gasteiger partial charge < -0.3 is 10.2 Å². The van der Waals surface area contributed by atoms with Crippen LogP contribution in [0, 0.1) is 6.92 Å². The molecule has 1 fully saturated rings. The average molecular weight is 432 g/mol. The summed E-state index contributed by atoms with van der Waals surface area (Å²) in [7, 11) is 0. The van der Waals surface area contributed by atoms with Crippen LogP contribution < -0.4 is 10.2 Å². The molecule has 3 amide bonds. The summed E-state index contributed by atoms with van der Waals surface area (Å²) < 4.78 is 0. The molecule has 0 aromatic heterocycles. The lowest BCUT2D eigenvalue weighted by Gasteiger charge is -2.47. The molecular weight excluding hydrogens is 398 g/mol. The van der Waals surface area contributed by atoms with Crippen molar-refractivity contribution < 1.29 is 9.59 Å². The van der Waals surface area contributed by atoms with Crippen LogP contribution in [0.2, 0.25) is 0 Å². The van der Waals surface area contributed by atoms with Gasteiger partial charge in [-0.2, -0.15) is 0 Å². The number of carbonyl (C=O) groups excluding carboxylic acids is 2. The molecule has 5 heteroatoms. The highest BCUT2D eigenvalue weighted by molar-refractivity contribution is 6.13. The summed E-state index contributed by atoms with van der Waals surface area (Å²) in [5.74, 6) is 0.147. The highest BCUT2D eigenvalue weighted by atomic mass is 16.2. The van der Waals surface area contributed by atoms with Crippen molar-refractivity contribution in [1.29, 1.82) is 0 Å². The van der Waals surface area contributed by atoms with Gasteiger partial charge in [-0.25, -0.2) is 4.79 Å². The van der Waals surface area contributed by atoms with Crippen molar-refractivity contribution in [3.05, 3.63) is 70.4 Å². The summed E-state index contributed by atoms with van der Waals surface area (Å²) in [6, 6.07) is 13.9. The second kappa shape index (κ2) is 8.45. The predicted octanol–water partition coefficient (Wildman–Crippen LogP) is 5.59. The molecule has 1 saturated heterocycles. The quantitative estimate of drug-likeness (QED) is 0.496. The molecular formula is C27H33N3O2. The van der Waals surface area contributed by atoms with Gasteiger partial charge in [0.25, 0.3) is 5.91 Å². The van der Waals surface area contributed by atoms with Gasteiger partial charge in [0.1, 0.15) is 5.70 Å². The number of aryl methyl sites for hydroxylation is 1. The first-order valence-electron chi connectivity index (χ1n) is 11.5. The predicted molar refractivity (Wildman–Crippen MR) is 129 cm³/mol. The van der Waals surface area contributed by atoms with Gasteiger partial charge in [0.2, 0.25) is 0 Å². The number of nitrogens with one attached hydrogen (secondary N) is 1. The van der Waals surface area contributed by atoms with Crippen molar-refractivity contribution in [2.75, 3.05) is 11.4 Å². The normalized spacial score (nSPS) is 21.2. The number of carbonyl (C=O) groups is 2. The van der Waals surface area contributed by atoms with Gasteiger partial charge in [-0.05, 0) is 74.4 Å². The van der Waals surface area contributed by atoms with E-state index in [1.165, 1.54) is 16.2 Å². The van der Waals surface area contributed by atoms with Crippen molar-refractivity contribution in [2.45, 2.75) is 65.5 Å². The zero-order valence-corrected chi connectivity index (χ0v) is 19.7. The lowest BCUT2D eigenvalue weighted by molar-refractivity contribution is -0.123. The van der Waals surface area contributed by atoms with Crippen molar-refractivity contribution >= 4 is 23.7 Å². The zero-order chi connectivity index (χ0) is 23.0. The Morgan fingerprint density at radius 2 is 1.84 bits per heavy atom. The first-order chi connectivity index (χ1) is 15.2. The molecule has 4 rings (SSSR count). The fraction of sp³-hybridized carbons (Fsp3) is 0.407. The summed E-state index contributed by atoms with van der Waals surface area (Å²) in [6.07, 6.45) is 3.98. The lowest BCUT2D eigenvalue weighted by Crippen LogP contribution is -2.48. The minimum atomic E-state index is -0.371. The summed E-state index contributed by atoms with van der Waals surface area (Å²) >= 11 is 0. The molecule has 0 spiro atoms. The number of fused-ring (bicyclic) bond motifs is 1. The van der Waals surface area contributed by atoms with E-state index in [0.717, 1.165) is 36.1 Å². The number of nitrogens with zero attached hydrogens (tertiary/aromatic N) is 2. The molecule has 2 aliphatic rings. The Morgan fingerprint density at radius 3 is 2.53 bits per heavy atom. The van der Waals surface area contributed by atoms with E-state index in [2.05, 4.69) is 50.0 Å². The van der Waals surface area contributed by atoms with Crippen molar-refractivity contribution in [2.24, 2.45) is 0 Å². The minimum Gasteiger partial charge on any atom is -0.366 e. The number of rotatable bonds is 5. The van der Waals surface area contributed by atoms with Crippen LogP contribution >= 0.6 is 0 Å². The lowest BCUT2D eigenvalue weighted by atomic mass is 9.79. The maximum Gasteiger partial charge on any atom is 0.329 e. The molecule has 1 atom stereocenters. The minimum absolute atomic E-state index is 0.119. The zero-order valence-electron chi connectivity index (χ0n) is 19.7. The van der Waals surface area contributed by atoms with Gasteiger partial charge in [0, 0.05) is 17.8 Å². The van der Waals surface area contributed by atoms with Crippen LogP contribution in [0.3, 0.4) is 0 Å². The number of hydrogen-bond acceptors (Lipinski definition) is 3. The number of urea groups is 1. The topological polar surface area (TPSA) is 52.7 Å². The average Bonchev–Trinajstić information content (AvgIpc) is 3.00. The van der Waals surface area contributed by atoms with E-state index in [4.69, 9.17) is 0 Å². The van der Waals surface area contributed by atoms with Crippen LogP contribution in [0.1, 0.15) is 68.7 Å². The van der Waals surface area contributed by atoms with E-state index >= 15 is 0 Å². The Labute approximate surface area is 191 Å². The third-order valence-electron chi connectivity index (χ3n) is 6.59. The Bertz CT molecular complexity index is 1070. The number of amides is 3. The molecule has 2 aromatic rings. The SMILES string of the molecule is CCCN1c2ccc(/C=C3/NC(=O)N(Cc4ccc(C)cc4)C3=O)cc2C(C)CC1(C)C. The number of imide groups is 1. The number of benzene rings is 2. The second-order valence-corrected chi connectivity index (χ2v) is 9.75. The Kier molecular flexibility index (Phi) is 5.85. The van der Waals surface area contributed by atoms with Crippen LogP contribution in [-0.2, 0) is 11.3 Å². The molecule has 2 aliphatic heterocycles. The first kappa shape index (κ1) is 22.1. The summed E-state index contributed by atoms with van der Waals surface area (Å²) in [5.41, 5.74) is 6.05. The van der Waals surface area contributed by atoms with Crippen LogP contribution in [-0.4, -0.2) is 28.9 Å². The molecule has 2 aromatic carbocycles. The summed E-state index contributed by atoms with van der Waals surface area (Å²) in [5, 5.41) is 2.76. The Morgan fingerprint density at radius 1 is 1.12 bits per heavy atom. The molecule has 2 heterocycles. The molecule has 0 aliphatic carbocycles. The van der Waals surface area contributed by atoms with Gasteiger partial charge in [0.15, 0.2) is 0 Å².